The lowest BCUT2D eigenvalue weighted by atomic mass is 9.99. The first-order chi connectivity index (χ1) is 12.6. The third-order valence-corrected chi connectivity index (χ3v) is 4.36. The summed E-state index contributed by atoms with van der Waals surface area (Å²) in [5.74, 6) is 0.504. The van der Waals surface area contributed by atoms with Crippen LogP contribution in [0.1, 0.15) is 18.9 Å². The third-order valence-electron chi connectivity index (χ3n) is 4.36. The fourth-order valence-electron chi connectivity index (χ4n) is 2.97. The third kappa shape index (κ3) is 5.17. The number of carbonyl (C=O) groups is 1. The topological polar surface area (TPSA) is 41.6 Å². The van der Waals surface area contributed by atoms with Crippen molar-refractivity contribution in [1.29, 1.82) is 0 Å². The van der Waals surface area contributed by atoms with Crippen LogP contribution >= 0.6 is 0 Å². The maximum Gasteiger partial charge on any atom is 0.221 e. The van der Waals surface area contributed by atoms with E-state index >= 15 is 0 Å². The number of hydrogen-bond acceptors (Lipinski definition) is 3. The van der Waals surface area contributed by atoms with Crippen molar-refractivity contribution in [2.45, 2.75) is 13.3 Å². The van der Waals surface area contributed by atoms with Gasteiger partial charge in [-0.3, -0.25) is 9.69 Å². The van der Waals surface area contributed by atoms with E-state index in [9.17, 15) is 9.18 Å². The van der Waals surface area contributed by atoms with Crippen molar-refractivity contribution < 1.29 is 13.9 Å². The van der Waals surface area contributed by atoms with E-state index in [4.69, 9.17) is 4.74 Å². The van der Waals surface area contributed by atoms with Crippen molar-refractivity contribution in [2.75, 3.05) is 31.6 Å². The summed E-state index contributed by atoms with van der Waals surface area (Å²) in [4.78, 5) is 13.3. The molecule has 0 spiro atoms. The summed E-state index contributed by atoms with van der Waals surface area (Å²) in [6.45, 7) is 4.78. The Morgan fingerprint density at radius 2 is 1.88 bits per heavy atom. The minimum Gasteiger partial charge on any atom is -0.492 e. The van der Waals surface area contributed by atoms with Crippen LogP contribution in [0.25, 0.3) is 5.57 Å². The standard InChI is InChI=1S/C21H23FN2O2/c1-16(25)23-20-6-8-21(9-7-20)26-15-14-24-12-10-18(11-13-24)17-2-4-19(22)5-3-17/h2-10H,11-15H2,1H3,(H,23,25). The molecule has 0 bridgehead atoms. The predicted octanol–water partition coefficient (Wildman–Crippen LogP) is 3.95. The average molecular weight is 354 g/mol. The summed E-state index contributed by atoms with van der Waals surface area (Å²) in [6, 6.07) is 14.1. The van der Waals surface area contributed by atoms with Crippen molar-refractivity contribution in [1.82, 2.24) is 4.90 Å². The molecule has 3 rings (SSSR count). The van der Waals surface area contributed by atoms with Crippen LogP contribution < -0.4 is 10.1 Å². The molecular weight excluding hydrogens is 331 g/mol. The van der Waals surface area contributed by atoms with E-state index in [1.54, 1.807) is 0 Å². The van der Waals surface area contributed by atoms with Gasteiger partial charge in [-0.25, -0.2) is 4.39 Å². The molecular formula is C21H23FN2O2. The zero-order chi connectivity index (χ0) is 18.4. The van der Waals surface area contributed by atoms with Gasteiger partial charge in [-0.2, -0.15) is 0 Å². The van der Waals surface area contributed by atoms with Crippen LogP contribution in [0.3, 0.4) is 0 Å². The molecule has 0 saturated heterocycles. The SMILES string of the molecule is CC(=O)Nc1ccc(OCCN2CC=C(c3ccc(F)cc3)CC2)cc1. The van der Waals surface area contributed by atoms with Crippen LogP contribution in [-0.4, -0.2) is 37.0 Å². The van der Waals surface area contributed by atoms with Crippen molar-refractivity contribution in [3.8, 4) is 5.75 Å². The van der Waals surface area contributed by atoms with Gasteiger partial charge < -0.3 is 10.1 Å². The van der Waals surface area contributed by atoms with Gasteiger partial charge in [-0.15, -0.1) is 0 Å². The molecule has 0 unspecified atom stereocenters. The van der Waals surface area contributed by atoms with Crippen molar-refractivity contribution in [2.24, 2.45) is 0 Å². The molecule has 1 aliphatic rings. The number of nitrogens with zero attached hydrogens (tertiary/aromatic N) is 1. The number of amides is 1. The second-order valence-corrected chi connectivity index (χ2v) is 6.34. The number of halogens is 1. The first kappa shape index (κ1) is 18.1. The molecule has 0 atom stereocenters. The molecule has 136 valence electrons. The highest BCUT2D eigenvalue weighted by Crippen LogP contribution is 2.22. The Bertz CT molecular complexity index is 770. The van der Waals surface area contributed by atoms with Gasteiger partial charge in [-0.1, -0.05) is 18.2 Å². The molecule has 0 saturated carbocycles. The molecule has 26 heavy (non-hydrogen) atoms. The van der Waals surface area contributed by atoms with Gasteiger partial charge in [0.05, 0.1) is 0 Å². The zero-order valence-electron chi connectivity index (χ0n) is 14.9. The number of hydrogen-bond donors (Lipinski definition) is 1. The Morgan fingerprint density at radius 1 is 1.15 bits per heavy atom. The Morgan fingerprint density at radius 3 is 2.50 bits per heavy atom. The Kier molecular flexibility index (Phi) is 6.02. The normalized spacial score (nSPS) is 14.6. The van der Waals surface area contributed by atoms with E-state index in [1.165, 1.54) is 24.6 Å². The Hall–Kier alpha value is -2.66. The molecule has 1 aliphatic heterocycles. The van der Waals surface area contributed by atoms with Crippen LogP contribution in [0, 0.1) is 5.82 Å². The molecule has 0 radical (unpaired) electrons. The fourth-order valence-corrected chi connectivity index (χ4v) is 2.97. The monoisotopic (exact) mass is 354 g/mol. The van der Waals surface area contributed by atoms with Crippen LogP contribution in [0.5, 0.6) is 5.75 Å². The lowest BCUT2D eigenvalue weighted by molar-refractivity contribution is -0.114. The second kappa shape index (κ2) is 8.63. The van der Waals surface area contributed by atoms with Crippen molar-refractivity contribution in [3.05, 3.63) is 66.0 Å². The fraction of sp³-hybridized carbons (Fsp3) is 0.286. The zero-order valence-corrected chi connectivity index (χ0v) is 14.9. The highest BCUT2D eigenvalue weighted by atomic mass is 19.1. The molecule has 5 heteroatoms. The number of benzene rings is 2. The summed E-state index contributed by atoms with van der Waals surface area (Å²) < 4.78 is 18.8. The quantitative estimate of drug-likeness (QED) is 0.854. The predicted molar refractivity (Wildman–Crippen MR) is 102 cm³/mol. The van der Waals surface area contributed by atoms with Gasteiger partial charge in [-0.05, 0) is 54.0 Å². The maximum atomic E-state index is 13.0. The first-order valence-electron chi connectivity index (χ1n) is 8.78. The van der Waals surface area contributed by atoms with Crippen LogP contribution in [0.4, 0.5) is 10.1 Å². The molecule has 2 aromatic carbocycles. The van der Waals surface area contributed by atoms with Gasteiger partial charge in [0.2, 0.25) is 5.91 Å². The number of ether oxygens (including phenoxy) is 1. The summed E-state index contributed by atoms with van der Waals surface area (Å²) in [5.41, 5.74) is 3.14. The van der Waals surface area contributed by atoms with Crippen LogP contribution in [0.2, 0.25) is 0 Å². The van der Waals surface area contributed by atoms with E-state index < -0.39 is 0 Å². The largest absolute Gasteiger partial charge is 0.492 e. The number of rotatable bonds is 6. The van der Waals surface area contributed by atoms with Gasteiger partial charge in [0.25, 0.3) is 0 Å². The Labute approximate surface area is 153 Å². The maximum absolute atomic E-state index is 13.0. The van der Waals surface area contributed by atoms with Crippen LogP contribution in [0.15, 0.2) is 54.6 Å². The molecule has 1 heterocycles. The number of carbonyl (C=O) groups excluding carboxylic acids is 1. The smallest absolute Gasteiger partial charge is 0.221 e. The molecule has 1 N–H and O–H groups in total. The van der Waals surface area contributed by atoms with E-state index in [-0.39, 0.29) is 11.7 Å². The highest BCUT2D eigenvalue weighted by molar-refractivity contribution is 5.88. The highest BCUT2D eigenvalue weighted by Gasteiger charge is 2.13. The molecule has 1 amide bonds. The van der Waals surface area contributed by atoms with Gasteiger partial charge in [0.15, 0.2) is 0 Å². The van der Waals surface area contributed by atoms with Crippen LogP contribution in [-0.2, 0) is 4.79 Å². The second-order valence-electron chi connectivity index (χ2n) is 6.34. The van der Waals surface area contributed by atoms with E-state index in [1.807, 2.05) is 36.4 Å². The Balaban J connectivity index is 1.43. The van der Waals surface area contributed by atoms with Gasteiger partial charge >= 0.3 is 0 Å². The number of nitrogens with one attached hydrogen (secondary N) is 1. The molecule has 0 aromatic heterocycles. The van der Waals surface area contributed by atoms with Gasteiger partial charge in [0.1, 0.15) is 18.2 Å². The minimum absolute atomic E-state index is 0.0863. The summed E-state index contributed by atoms with van der Waals surface area (Å²) in [7, 11) is 0. The minimum atomic E-state index is -0.200. The molecule has 4 nitrogen and oxygen atoms in total. The molecule has 0 aliphatic carbocycles. The summed E-state index contributed by atoms with van der Waals surface area (Å²) >= 11 is 0. The summed E-state index contributed by atoms with van der Waals surface area (Å²) in [6.07, 6.45) is 3.16. The van der Waals surface area contributed by atoms with Gasteiger partial charge in [0, 0.05) is 32.2 Å². The lowest BCUT2D eigenvalue weighted by Crippen LogP contribution is -2.32. The summed E-state index contributed by atoms with van der Waals surface area (Å²) in [5, 5.41) is 2.73. The average Bonchev–Trinajstić information content (AvgIpc) is 2.64. The molecule has 2 aromatic rings. The van der Waals surface area contributed by atoms with E-state index in [2.05, 4.69) is 16.3 Å². The van der Waals surface area contributed by atoms with E-state index in [0.29, 0.717) is 6.61 Å². The van der Waals surface area contributed by atoms with Crippen molar-refractivity contribution in [3.63, 3.8) is 0 Å². The lowest BCUT2D eigenvalue weighted by Gasteiger charge is -2.26. The first-order valence-corrected chi connectivity index (χ1v) is 8.78. The molecule has 0 fully saturated rings. The number of anilines is 1. The van der Waals surface area contributed by atoms with Crippen molar-refractivity contribution >= 4 is 17.2 Å². The van der Waals surface area contributed by atoms with E-state index in [0.717, 1.165) is 43.1 Å².